The Kier molecular flexibility index (Phi) is 8.11. The smallest absolute Gasteiger partial charge is 0.243 e. The lowest BCUT2D eigenvalue weighted by Crippen LogP contribution is -2.52. The Balaban J connectivity index is 2.05. The quantitative estimate of drug-likeness (QED) is 0.738. The average molecular weight is 369 g/mol. The van der Waals surface area contributed by atoms with Gasteiger partial charge in [-0.2, -0.15) is 0 Å². The summed E-state index contributed by atoms with van der Waals surface area (Å²) >= 11 is 1.79. The molecule has 2 amide bonds. The van der Waals surface area contributed by atoms with E-state index < -0.39 is 0 Å². The predicted molar refractivity (Wildman–Crippen MR) is 105 cm³/mol. The summed E-state index contributed by atoms with van der Waals surface area (Å²) in [6.45, 7) is 9.42. The number of nitrogens with zero attached hydrogens (tertiary/aromatic N) is 1. The highest BCUT2D eigenvalue weighted by Gasteiger charge is 2.43. The Morgan fingerprint density at radius 3 is 2.36 bits per heavy atom. The van der Waals surface area contributed by atoms with Crippen molar-refractivity contribution in [3.63, 3.8) is 0 Å². The molecule has 5 heteroatoms. The fourth-order valence-electron chi connectivity index (χ4n) is 3.81. The molecule has 1 heterocycles. The molecule has 2 aliphatic rings. The zero-order chi connectivity index (χ0) is 18.4. The van der Waals surface area contributed by atoms with Gasteiger partial charge in [0.25, 0.3) is 0 Å². The van der Waals surface area contributed by atoms with Gasteiger partial charge >= 0.3 is 0 Å². The van der Waals surface area contributed by atoms with Crippen molar-refractivity contribution in [2.75, 3.05) is 12.3 Å². The van der Waals surface area contributed by atoms with Crippen molar-refractivity contribution in [3.05, 3.63) is 0 Å². The number of thioether (sulfide) groups is 1. The third-order valence-electron chi connectivity index (χ3n) is 5.30. The van der Waals surface area contributed by atoms with Crippen LogP contribution in [0.15, 0.2) is 0 Å². The molecule has 2 atom stereocenters. The lowest BCUT2D eigenvalue weighted by molar-refractivity contribution is -0.144. The maximum Gasteiger partial charge on any atom is 0.243 e. The van der Waals surface area contributed by atoms with Gasteiger partial charge in [-0.15, -0.1) is 11.8 Å². The number of rotatable bonds is 7. The van der Waals surface area contributed by atoms with Crippen LogP contribution in [0.3, 0.4) is 0 Å². The zero-order valence-electron chi connectivity index (χ0n) is 16.4. The summed E-state index contributed by atoms with van der Waals surface area (Å²) in [5, 5.41) is 3.23. The second-order valence-electron chi connectivity index (χ2n) is 8.49. The number of carbonyl (C=O) groups excluding carboxylic acids is 2. The van der Waals surface area contributed by atoms with Gasteiger partial charge in [-0.25, -0.2) is 0 Å². The molecular weight excluding hydrogens is 332 g/mol. The molecule has 144 valence electrons. The van der Waals surface area contributed by atoms with Crippen molar-refractivity contribution >= 4 is 23.6 Å². The van der Waals surface area contributed by atoms with Gasteiger partial charge in [-0.05, 0) is 37.5 Å². The van der Waals surface area contributed by atoms with Crippen molar-refractivity contribution in [1.82, 2.24) is 10.2 Å². The molecule has 0 bridgehead atoms. The van der Waals surface area contributed by atoms with Gasteiger partial charge in [-0.3, -0.25) is 9.59 Å². The molecule has 0 aromatic heterocycles. The summed E-state index contributed by atoms with van der Waals surface area (Å²) in [7, 11) is 0. The van der Waals surface area contributed by atoms with Gasteiger partial charge in [0.1, 0.15) is 6.04 Å². The highest BCUT2D eigenvalue weighted by molar-refractivity contribution is 8.00. The molecule has 1 aliphatic heterocycles. The Hall–Kier alpha value is -0.710. The molecule has 2 fully saturated rings. The van der Waals surface area contributed by atoms with Crippen molar-refractivity contribution in [3.8, 4) is 0 Å². The summed E-state index contributed by atoms with van der Waals surface area (Å²) in [5.74, 6) is 2.26. The zero-order valence-corrected chi connectivity index (χ0v) is 17.2. The summed E-state index contributed by atoms with van der Waals surface area (Å²) in [6.07, 6.45) is 7.49. The molecule has 1 aliphatic carbocycles. The number of nitrogens with one attached hydrogen (secondary N) is 1. The van der Waals surface area contributed by atoms with Crippen LogP contribution in [0.5, 0.6) is 0 Å². The van der Waals surface area contributed by atoms with Crippen molar-refractivity contribution in [2.24, 2.45) is 17.8 Å². The van der Waals surface area contributed by atoms with Crippen LogP contribution in [0, 0.1) is 17.8 Å². The Labute approximate surface area is 157 Å². The Morgan fingerprint density at radius 1 is 1.08 bits per heavy atom. The van der Waals surface area contributed by atoms with E-state index in [-0.39, 0.29) is 29.1 Å². The first-order valence-corrected chi connectivity index (χ1v) is 11.2. The van der Waals surface area contributed by atoms with Crippen LogP contribution in [0.25, 0.3) is 0 Å². The molecule has 1 saturated heterocycles. The number of hydrogen-bond donors (Lipinski definition) is 1. The summed E-state index contributed by atoms with van der Waals surface area (Å²) < 4.78 is 0. The largest absolute Gasteiger partial charge is 0.354 e. The van der Waals surface area contributed by atoms with E-state index >= 15 is 0 Å². The standard InChI is InChI=1S/C20H36N2O2S/c1-14(2)10-11-21-19(23)17-13-25-18(12-15(3)4)22(17)20(24)16-8-6-5-7-9-16/h14-18H,5-13H2,1-4H3,(H,21,23). The molecule has 2 unspecified atom stereocenters. The van der Waals surface area contributed by atoms with Crippen LogP contribution in [-0.4, -0.2) is 40.4 Å². The number of hydrogen-bond acceptors (Lipinski definition) is 3. The molecule has 0 aromatic carbocycles. The fraction of sp³-hybridized carbons (Fsp3) is 0.900. The minimum absolute atomic E-state index is 0.0450. The van der Waals surface area contributed by atoms with Crippen LogP contribution in [0.2, 0.25) is 0 Å². The maximum absolute atomic E-state index is 13.2. The van der Waals surface area contributed by atoms with E-state index in [1.54, 1.807) is 11.8 Å². The fourth-order valence-corrected chi connectivity index (χ4v) is 5.46. The monoisotopic (exact) mass is 368 g/mol. The maximum atomic E-state index is 13.2. The first kappa shape index (κ1) is 20.6. The third-order valence-corrected chi connectivity index (χ3v) is 6.61. The SMILES string of the molecule is CC(C)CCNC(=O)C1CSC(CC(C)C)N1C(=O)C1CCCCC1. The second kappa shape index (κ2) is 9.84. The van der Waals surface area contributed by atoms with E-state index in [1.165, 1.54) is 6.42 Å². The van der Waals surface area contributed by atoms with Gasteiger partial charge in [0, 0.05) is 18.2 Å². The van der Waals surface area contributed by atoms with E-state index in [2.05, 4.69) is 33.0 Å². The van der Waals surface area contributed by atoms with Crippen molar-refractivity contribution < 1.29 is 9.59 Å². The highest BCUT2D eigenvalue weighted by Crippen LogP contribution is 2.37. The lowest BCUT2D eigenvalue weighted by atomic mass is 9.87. The molecule has 1 saturated carbocycles. The molecule has 2 rings (SSSR count). The van der Waals surface area contributed by atoms with E-state index in [0.29, 0.717) is 18.4 Å². The third kappa shape index (κ3) is 5.90. The second-order valence-corrected chi connectivity index (χ2v) is 9.70. The van der Waals surface area contributed by atoms with E-state index in [1.807, 2.05) is 4.90 Å². The van der Waals surface area contributed by atoms with Crippen molar-refractivity contribution in [2.45, 2.75) is 84.1 Å². The van der Waals surface area contributed by atoms with Gasteiger partial charge in [0.15, 0.2) is 0 Å². The van der Waals surface area contributed by atoms with Crippen LogP contribution in [0.1, 0.15) is 72.6 Å². The molecule has 0 spiro atoms. The summed E-state index contributed by atoms with van der Waals surface area (Å²) in [5.41, 5.74) is 0. The van der Waals surface area contributed by atoms with E-state index in [0.717, 1.165) is 44.3 Å². The Bertz CT molecular complexity index is 447. The average Bonchev–Trinajstić information content (AvgIpc) is 2.97. The van der Waals surface area contributed by atoms with Gasteiger partial charge in [0.2, 0.25) is 11.8 Å². The molecule has 0 aromatic rings. The van der Waals surface area contributed by atoms with E-state index in [9.17, 15) is 9.59 Å². The Morgan fingerprint density at radius 2 is 1.76 bits per heavy atom. The van der Waals surface area contributed by atoms with Gasteiger partial charge in [0.05, 0.1) is 5.37 Å². The number of carbonyl (C=O) groups is 2. The van der Waals surface area contributed by atoms with Crippen LogP contribution < -0.4 is 5.32 Å². The minimum atomic E-state index is -0.282. The van der Waals surface area contributed by atoms with Crippen LogP contribution in [-0.2, 0) is 9.59 Å². The van der Waals surface area contributed by atoms with Crippen LogP contribution >= 0.6 is 11.8 Å². The van der Waals surface area contributed by atoms with E-state index in [4.69, 9.17) is 0 Å². The normalized spacial score (nSPS) is 25.0. The summed E-state index contributed by atoms with van der Waals surface area (Å²) in [6, 6.07) is -0.282. The predicted octanol–water partition coefficient (Wildman–Crippen LogP) is 4.05. The lowest BCUT2D eigenvalue weighted by Gasteiger charge is -2.34. The first-order chi connectivity index (χ1) is 11.9. The van der Waals surface area contributed by atoms with Gasteiger partial charge < -0.3 is 10.2 Å². The van der Waals surface area contributed by atoms with Crippen molar-refractivity contribution in [1.29, 1.82) is 0 Å². The highest BCUT2D eigenvalue weighted by atomic mass is 32.2. The van der Waals surface area contributed by atoms with Crippen LogP contribution in [0.4, 0.5) is 0 Å². The molecule has 4 nitrogen and oxygen atoms in total. The minimum Gasteiger partial charge on any atom is -0.354 e. The first-order valence-electron chi connectivity index (χ1n) is 10.1. The molecule has 1 N–H and O–H groups in total. The number of amides is 2. The summed E-state index contributed by atoms with van der Waals surface area (Å²) in [4.78, 5) is 27.9. The topological polar surface area (TPSA) is 49.4 Å². The molecule has 25 heavy (non-hydrogen) atoms. The van der Waals surface area contributed by atoms with Gasteiger partial charge in [-0.1, -0.05) is 47.0 Å². The molecule has 0 radical (unpaired) electrons. The molecular formula is C20H36N2O2S.